The number of fused-ring (bicyclic) bond motifs is 1. The largest absolute Gasteiger partial charge is 0.369 e. The molecule has 0 aliphatic carbocycles. The molecule has 132 valence electrons. The lowest BCUT2D eigenvalue weighted by Gasteiger charge is -2.33. The molecule has 1 N–H and O–H groups in total. The molecule has 1 saturated heterocycles. The van der Waals surface area contributed by atoms with Gasteiger partial charge in [0.05, 0.1) is 17.8 Å². The second kappa shape index (κ2) is 7.43. The van der Waals surface area contributed by atoms with E-state index < -0.39 is 0 Å². The van der Waals surface area contributed by atoms with Gasteiger partial charge >= 0.3 is 0 Å². The molecule has 7 heteroatoms. The van der Waals surface area contributed by atoms with Crippen molar-refractivity contribution < 1.29 is 4.79 Å². The first kappa shape index (κ1) is 16.4. The highest BCUT2D eigenvalue weighted by Gasteiger charge is 2.26. The van der Waals surface area contributed by atoms with Gasteiger partial charge in [0.1, 0.15) is 5.52 Å². The number of anilines is 1. The predicted octanol–water partition coefficient (Wildman–Crippen LogP) is 1.95. The molecule has 1 amide bonds. The van der Waals surface area contributed by atoms with Crippen molar-refractivity contribution in [3.63, 3.8) is 0 Å². The van der Waals surface area contributed by atoms with Crippen molar-refractivity contribution in [2.75, 3.05) is 18.0 Å². The van der Waals surface area contributed by atoms with E-state index >= 15 is 0 Å². The van der Waals surface area contributed by atoms with Crippen molar-refractivity contribution >= 4 is 22.8 Å². The van der Waals surface area contributed by atoms with E-state index in [1.54, 1.807) is 24.8 Å². The zero-order valence-electron chi connectivity index (χ0n) is 14.4. The quantitative estimate of drug-likeness (QED) is 0.776. The third-order valence-electron chi connectivity index (χ3n) is 4.66. The number of hydrogen-bond acceptors (Lipinski definition) is 6. The zero-order valence-corrected chi connectivity index (χ0v) is 14.4. The molecule has 3 aromatic rings. The van der Waals surface area contributed by atoms with Crippen LogP contribution in [0.25, 0.3) is 11.2 Å². The van der Waals surface area contributed by atoms with Crippen LogP contribution >= 0.6 is 0 Å². The molecule has 7 nitrogen and oxygen atoms in total. The minimum atomic E-state index is -0.0297. The van der Waals surface area contributed by atoms with Gasteiger partial charge in [0.2, 0.25) is 5.91 Å². The Labute approximate surface area is 151 Å². The van der Waals surface area contributed by atoms with Crippen LogP contribution in [0.3, 0.4) is 0 Å². The summed E-state index contributed by atoms with van der Waals surface area (Å²) in [6.45, 7) is 2.11. The maximum absolute atomic E-state index is 12.6. The molecule has 0 saturated carbocycles. The van der Waals surface area contributed by atoms with Crippen molar-refractivity contribution in [1.29, 1.82) is 0 Å². The van der Waals surface area contributed by atoms with Crippen molar-refractivity contribution in [1.82, 2.24) is 25.3 Å². The second-order valence-corrected chi connectivity index (χ2v) is 6.46. The third kappa shape index (κ3) is 3.61. The Balaban J connectivity index is 1.42. The fourth-order valence-corrected chi connectivity index (χ4v) is 3.28. The van der Waals surface area contributed by atoms with Crippen LogP contribution in [0, 0.1) is 5.92 Å². The van der Waals surface area contributed by atoms with Crippen molar-refractivity contribution in [3.8, 4) is 0 Å². The fourth-order valence-electron chi connectivity index (χ4n) is 3.28. The molecular weight excluding hydrogens is 328 g/mol. The number of rotatable bonds is 4. The van der Waals surface area contributed by atoms with E-state index in [0.29, 0.717) is 18.7 Å². The van der Waals surface area contributed by atoms with E-state index in [9.17, 15) is 4.79 Å². The molecule has 1 aliphatic heterocycles. The smallest absolute Gasteiger partial charge is 0.225 e. The monoisotopic (exact) mass is 348 g/mol. The maximum Gasteiger partial charge on any atom is 0.225 e. The average Bonchev–Trinajstić information content (AvgIpc) is 2.72. The Kier molecular flexibility index (Phi) is 4.68. The molecule has 4 rings (SSSR count). The Morgan fingerprint density at radius 2 is 2.12 bits per heavy atom. The molecule has 1 aliphatic rings. The molecule has 0 radical (unpaired) electrons. The van der Waals surface area contributed by atoms with Gasteiger partial charge in [0.15, 0.2) is 5.65 Å². The standard InChI is InChI=1S/C19H20N6O/c26-19(24-11-14-3-1-5-20-10-14)15-4-2-8-25(13-15)16-9-17-18(23-12-16)22-7-6-21-17/h1,3,5-7,9-10,12,15H,2,4,8,11,13H2,(H,24,26). The van der Waals surface area contributed by atoms with E-state index in [1.807, 2.05) is 24.4 Å². The summed E-state index contributed by atoms with van der Waals surface area (Å²) in [5.74, 6) is 0.0602. The number of carbonyl (C=O) groups excluding carboxylic acids is 1. The lowest BCUT2D eigenvalue weighted by molar-refractivity contribution is -0.125. The molecule has 1 atom stereocenters. The molecule has 0 spiro atoms. The highest BCUT2D eigenvalue weighted by atomic mass is 16.1. The van der Waals surface area contributed by atoms with E-state index in [-0.39, 0.29) is 11.8 Å². The lowest BCUT2D eigenvalue weighted by Crippen LogP contribution is -2.43. The summed E-state index contributed by atoms with van der Waals surface area (Å²) in [7, 11) is 0. The Bertz CT molecular complexity index is 901. The van der Waals surface area contributed by atoms with Crippen LogP contribution in [-0.2, 0) is 11.3 Å². The number of nitrogens with one attached hydrogen (secondary N) is 1. The number of amides is 1. The van der Waals surface area contributed by atoms with Crippen LogP contribution in [0.5, 0.6) is 0 Å². The summed E-state index contributed by atoms with van der Waals surface area (Å²) in [5.41, 5.74) is 3.40. The summed E-state index contributed by atoms with van der Waals surface area (Å²) in [4.78, 5) is 31.7. The minimum absolute atomic E-state index is 0.0297. The summed E-state index contributed by atoms with van der Waals surface area (Å²) in [6.07, 6.45) is 10.5. The van der Waals surface area contributed by atoms with Crippen LogP contribution < -0.4 is 10.2 Å². The number of carbonyl (C=O) groups is 1. The van der Waals surface area contributed by atoms with E-state index in [2.05, 4.69) is 30.2 Å². The van der Waals surface area contributed by atoms with Crippen molar-refractivity contribution in [2.24, 2.45) is 5.92 Å². The molecule has 3 aromatic heterocycles. The van der Waals surface area contributed by atoms with Crippen LogP contribution in [0.1, 0.15) is 18.4 Å². The van der Waals surface area contributed by atoms with Crippen LogP contribution in [0.4, 0.5) is 5.69 Å². The lowest BCUT2D eigenvalue weighted by atomic mass is 9.96. The molecule has 0 bridgehead atoms. The topological polar surface area (TPSA) is 83.9 Å². The fraction of sp³-hybridized carbons (Fsp3) is 0.316. The number of pyridine rings is 2. The van der Waals surface area contributed by atoms with E-state index in [4.69, 9.17) is 0 Å². The zero-order chi connectivity index (χ0) is 17.8. The summed E-state index contributed by atoms with van der Waals surface area (Å²) in [6, 6.07) is 5.83. The Morgan fingerprint density at radius 3 is 3.00 bits per heavy atom. The minimum Gasteiger partial charge on any atom is -0.369 e. The Morgan fingerprint density at radius 1 is 1.19 bits per heavy atom. The normalized spacial score (nSPS) is 17.2. The maximum atomic E-state index is 12.6. The second-order valence-electron chi connectivity index (χ2n) is 6.46. The van der Waals surface area contributed by atoms with Crippen LogP contribution in [0.2, 0.25) is 0 Å². The van der Waals surface area contributed by atoms with Gasteiger partial charge in [-0.25, -0.2) is 9.97 Å². The first-order valence-electron chi connectivity index (χ1n) is 8.78. The van der Waals surface area contributed by atoms with Crippen LogP contribution in [0.15, 0.2) is 49.2 Å². The van der Waals surface area contributed by atoms with Gasteiger partial charge < -0.3 is 10.2 Å². The molecule has 26 heavy (non-hydrogen) atoms. The SMILES string of the molecule is O=C(NCc1cccnc1)C1CCCN(c2cnc3nccnc3c2)C1. The molecule has 1 unspecified atom stereocenters. The van der Waals surface area contributed by atoms with Gasteiger partial charge in [-0.05, 0) is 30.5 Å². The van der Waals surface area contributed by atoms with Gasteiger partial charge in [-0.15, -0.1) is 0 Å². The van der Waals surface area contributed by atoms with Crippen molar-refractivity contribution in [3.05, 3.63) is 54.7 Å². The number of aromatic nitrogens is 4. The molecular formula is C19H20N6O. The highest BCUT2D eigenvalue weighted by Crippen LogP contribution is 2.24. The van der Waals surface area contributed by atoms with Crippen LogP contribution in [-0.4, -0.2) is 38.9 Å². The first-order chi connectivity index (χ1) is 12.8. The Hall–Kier alpha value is -3.09. The summed E-state index contributed by atoms with van der Waals surface area (Å²) < 4.78 is 0. The van der Waals surface area contributed by atoms with Gasteiger partial charge in [0, 0.05) is 44.4 Å². The van der Waals surface area contributed by atoms with Gasteiger partial charge in [-0.1, -0.05) is 6.07 Å². The van der Waals surface area contributed by atoms with Crippen molar-refractivity contribution in [2.45, 2.75) is 19.4 Å². The summed E-state index contributed by atoms with van der Waals surface area (Å²) in [5, 5.41) is 3.03. The highest BCUT2D eigenvalue weighted by molar-refractivity contribution is 5.80. The number of hydrogen-bond donors (Lipinski definition) is 1. The molecule has 1 fully saturated rings. The van der Waals surface area contributed by atoms with Gasteiger partial charge in [0.25, 0.3) is 0 Å². The first-order valence-corrected chi connectivity index (χ1v) is 8.78. The van der Waals surface area contributed by atoms with E-state index in [0.717, 1.165) is 36.2 Å². The predicted molar refractivity (Wildman–Crippen MR) is 98.4 cm³/mol. The molecule has 0 aromatic carbocycles. The van der Waals surface area contributed by atoms with E-state index in [1.165, 1.54) is 0 Å². The molecule has 4 heterocycles. The van der Waals surface area contributed by atoms with Gasteiger partial charge in [-0.2, -0.15) is 0 Å². The average molecular weight is 348 g/mol. The number of nitrogens with zero attached hydrogens (tertiary/aromatic N) is 5. The van der Waals surface area contributed by atoms with Gasteiger partial charge in [-0.3, -0.25) is 14.8 Å². The summed E-state index contributed by atoms with van der Waals surface area (Å²) >= 11 is 0. The number of piperidine rings is 1. The third-order valence-corrected chi connectivity index (χ3v) is 4.66.